The van der Waals surface area contributed by atoms with E-state index in [1.165, 1.54) is 37.4 Å². The Bertz CT molecular complexity index is 1340. The molecular formula is C28H26FNO5. The molecule has 0 aromatic heterocycles. The van der Waals surface area contributed by atoms with Crippen molar-refractivity contribution < 1.29 is 28.9 Å². The summed E-state index contributed by atoms with van der Waals surface area (Å²) in [5.41, 5.74) is 1.36. The van der Waals surface area contributed by atoms with E-state index in [9.17, 15) is 24.2 Å². The topological polar surface area (TPSA) is 87.1 Å². The summed E-state index contributed by atoms with van der Waals surface area (Å²) in [4.78, 5) is 27.7. The number of ether oxygens (including phenoxy) is 1. The molecule has 0 spiro atoms. The van der Waals surface area contributed by atoms with Gasteiger partial charge in [0.05, 0.1) is 24.3 Å². The fraction of sp³-hybridized carbons (Fsp3) is 0.214. The molecule has 2 N–H and O–H groups in total. The lowest BCUT2D eigenvalue weighted by atomic mass is 9.85. The lowest BCUT2D eigenvalue weighted by Gasteiger charge is -2.26. The molecule has 4 rings (SSSR count). The van der Waals surface area contributed by atoms with Crippen LogP contribution in [0, 0.1) is 5.82 Å². The van der Waals surface area contributed by atoms with E-state index in [1.807, 2.05) is 26.8 Å². The number of phenolic OH excluding ortho intramolecular Hbond substituents is 1. The molecule has 3 aromatic rings. The van der Waals surface area contributed by atoms with Gasteiger partial charge in [-0.15, -0.1) is 0 Å². The van der Waals surface area contributed by atoms with Crippen LogP contribution in [0.5, 0.6) is 11.5 Å². The average Bonchev–Trinajstić information content (AvgIpc) is 3.08. The van der Waals surface area contributed by atoms with Crippen LogP contribution in [0.4, 0.5) is 10.1 Å². The summed E-state index contributed by atoms with van der Waals surface area (Å²) in [5.74, 6) is -2.46. The first-order valence-corrected chi connectivity index (χ1v) is 11.1. The van der Waals surface area contributed by atoms with E-state index in [1.54, 1.807) is 24.3 Å². The first-order valence-electron chi connectivity index (χ1n) is 11.1. The maximum atomic E-state index is 14.1. The second-order valence-corrected chi connectivity index (χ2v) is 9.41. The minimum Gasteiger partial charge on any atom is -0.508 e. The van der Waals surface area contributed by atoms with Gasteiger partial charge in [0.15, 0.2) is 0 Å². The van der Waals surface area contributed by atoms with Gasteiger partial charge in [0.25, 0.3) is 11.7 Å². The highest BCUT2D eigenvalue weighted by Gasteiger charge is 2.47. The van der Waals surface area contributed by atoms with Gasteiger partial charge in [0, 0.05) is 5.69 Å². The van der Waals surface area contributed by atoms with E-state index in [4.69, 9.17) is 4.74 Å². The van der Waals surface area contributed by atoms with Crippen molar-refractivity contribution in [3.8, 4) is 11.5 Å². The number of carbonyl (C=O) groups excluding carboxylic acids is 2. The number of rotatable bonds is 4. The van der Waals surface area contributed by atoms with Gasteiger partial charge in [-0.05, 0) is 59.0 Å². The highest BCUT2D eigenvalue weighted by molar-refractivity contribution is 6.51. The van der Waals surface area contributed by atoms with Gasteiger partial charge < -0.3 is 14.9 Å². The number of Topliss-reactive ketones (excluding diaryl/α,β-unsaturated/α-hetero) is 1. The molecule has 3 aromatic carbocycles. The molecule has 1 unspecified atom stereocenters. The molecule has 0 bridgehead atoms. The van der Waals surface area contributed by atoms with Crippen molar-refractivity contribution in [2.75, 3.05) is 12.0 Å². The van der Waals surface area contributed by atoms with Crippen LogP contribution in [0.2, 0.25) is 0 Å². The van der Waals surface area contributed by atoms with E-state index in [-0.39, 0.29) is 28.0 Å². The SMILES string of the molecule is COc1ccc(C(C)(C)C)cc1/C(O)=C1\C(=O)C(=O)N(c2cccc(F)c2)C1c1ccc(O)cc1. The second kappa shape index (κ2) is 8.91. The van der Waals surface area contributed by atoms with E-state index < -0.39 is 29.3 Å². The largest absolute Gasteiger partial charge is 0.508 e. The Morgan fingerprint density at radius 1 is 1.00 bits per heavy atom. The van der Waals surface area contributed by atoms with Gasteiger partial charge in [-0.1, -0.05) is 45.0 Å². The molecule has 1 fully saturated rings. The molecule has 1 atom stereocenters. The Balaban J connectivity index is 2.00. The normalized spacial score (nSPS) is 17.6. The molecule has 1 aliphatic rings. The maximum absolute atomic E-state index is 14.1. The number of aliphatic hydroxyl groups excluding tert-OH is 1. The van der Waals surface area contributed by atoms with Crippen LogP contribution in [0.15, 0.2) is 72.3 Å². The van der Waals surface area contributed by atoms with Crippen molar-refractivity contribution in [3.05, 3.63) is 94.8 Å². The Kier molecular flexibility index (Phi) is 6.11. The van der Waals surface area contributed by atoms with Gasteiger partial charge >= 0.3 is 0 Å². The summed E-state index contributed by atoms with van der Waals surface area (Å²) in [7, 11) is 1.45. The van der Waals surface area contributed by atoms with Crippen molar-refractivity contribution in [1.82, 2.24) is 0 Å². The van der Waals surface area contributed by atoms with Crippen LogP contribution in [0.25, 0.3) is 5.76 Å². The maximum Gasteiger partial charge on any atom is 0.300 e. The van der Waals surface area contributed by atoms with Gasteiger partial charge in [-0.2, -0.15) is 0 Å². The minimum atomic E-state index is -1.06. The third kappa shape index (κ3) is 4.37. The molecule has 0 saturated carbocycles. The summed E-state index contributed by atoms with van der Waals surface area (Å²) >= 11 is 0. The first-order chi connectivity index (χ1) is 16.5. The number of carbonyl (C=O) groups is 2. The number of nitrogens with zero attached hydrogens (tertiary/aromatic N) is 1. The lowest BCUT2D eigenvalue weighted by molar-refractivity contribution is -0.132. The number of hydrogen-bond acceptors (Lipinski definition) is 5. The number of methoxy groups -OCH3 is 1. The van der Waals surface area contributed by atoms with Crippen molar-refractivity contribution in [3.63, 3.8) is 0 Å². The summed E-state index contributed by atoms with van der Waals surface area (Å²) in [6, 6.07) is 15.5. The standard InChI is InChI=1S/C28H26FNO5/c1-28(2,3)17-10-13-22(35-4)21(14-17)25(32)23-24(16-8-11-20(31)12-9-16)30(27(34)26(23)33)19-7-5-6-18(29)15-19/h5-15,24,31-32H,1-4H3/b25-23+. The molecule has 35 heavy (non-hydrogen) atoms. The number of benzene rings is 3. The van der Waals surface area contributed by atoms with Crippen LogP contribution in [-0.4, -0.2) is 29.0 Å². The number of aromatic hydroxyl groups is 1. The number of halogens is 1. The first kappa shape index (κ1) is 24.0. The zero-order valence-electron chi connectivity index (χ0n) is 19.9. The summed E-state index contributed by atoms with van der Waals surface area (Å²) in [6.07, 6.45) is 0. The fourth-order valence-electron chi connectivity index (χ4n) is 4.20. The Hall–Kier alpha value is -4.13. The zero-order chi connectivity index (χ0) is 25.5. The van der Waals surface area contributed by atoms with Gasteiger partial charge in [-0.25, -0.2) is 4.39 Å². The smallest absolute Gasteiger partial charge is 0.300 e. The number of hydrogen-bond donors (Lipinski definition) is 2. The van der Waals surface area contributed by atoms with Crippen LogP contribution in [0.1, 0.15) is 43.5 Å². The highest BCUT2D eigenvalue weighted by Crippen LogP contribution is 2.44. The fourth-order valence-corrected chi connectivity index (χ4v) is 4.20. The molecule has 0 radical (unpaired) electrons. The number of aliphatic hydroxyl groups is 1. The van der Waals surface area contributed by atoms with E-state index in [2.05, 4.69) is 0 Å². The Labute approximate surface area is 202 Å². The molecule has 1 heterocycles. The lowest BCUT2D eigenvalue weighted by Crippen LogP contribution is -2.29. The molecule has 1 amide bonds. The summed E-state index contributed by atoms with van der Waals surface area (Å²) < 4.78 is 19.5. The number of ketones is 1. The van der Waals surface area contributed by atoms with Gasteiger partial charge in [-0.3, -0.25) is 14.5 Å². The molecule has 1 aliphatic heterocycles. The predicted octanol–water partition coefficient (Wildman–Crippen LogP) is 5.46. The van der Waals surface area contributed by atoms with Gasteiger partial charge in [0.1, 0.15) is 23.1 Å². The average molecular weight is 476 g/mol. The van der Waals surface area contributed by atoms with E-state index >= 15 is 0 Å². The van der Waals surface area contributed by atoms with Crippen LogP contribution in [0.3, 0.4) is 0 Å². The van der Waals surface area contributed by atoms with Crippen LogP contribution in [-0.2, 0) is 15.0 Å². The second-order valence-electron chi connectivity index (χ2n) is 9.41. The Morgan fingerprint density at radius 2 is 1.69 bits per heavy atom. The van der Waals surface area contributed by atoms with Gasteiger partial charge in [0.2, 0.25) is 0 Å². The van der Waals surface area contributed by atoms with Crippen molar-refractivity contribution in [1.29, 1.82) is 0 Å². The minimum absolute atomic E-state index is 0.00370. The third-order valence-electron chi connectivity index (χ3n) is 6.06. The number of anilines is 1. The predicted molar refractivity (Wildman–Crippen MR) is 131 cm³/mol. The van der Waals surface area contributed by atoms with Crippen molar-refractivity contribution in [2.45, 2.75) is 32.2 Å². The molecule has 7 heteroatoms. The molecular weight excluding hydrogens is 449 g/mol. The molecule has 0 aliphatic carbocycles. The molecule has 1 saturated heterocycles. The van der Waals surface area contributed by atoms with Crippen molar-refractivity contribution >= 4 is 23.1 Å². The highest BCUT2D eigenvalue weighted by atomic mass is 19.1. The monoisotopic (exact) mass is 475 g/mol. The van der Waals surface area contributed by atoms with E-state index in [0.29, 0.717) is 11.3 Å². The third-order valence-corrected chi connectivity index (χ3v) is 6.06. The summed E-state index contributed by atoms with van der Waals surface area (Å²) in [6.45, 7) is 6.04. The van der Waals surface area contributed by atoms with Crippen LogP contribution >= 0.6 is 0 Å². The van der Waals surface area contributed by atoms with Crippen LogP contribution < -0.4 is 9.64 Å². The number of phenols is 1. The molecule has 6 nitrogen and oxygen atoms in total. The number of amides is 1. The molecule has 180 valence electrons. The van der Waals surface area contributed by atoms with Crippen molar-refractivity contribution in [2.24, 2.45) is 0 Å². The van der Waals surface area contributed by atoms with E-state index in [0.717, 1.165) is 16.5 Å². The zero-order valence-corrected chi connectivity index (χ0v) is 19.9. The Morgan fingerprint density at radius 3 is 2.29 bits per heavy atom. The quantitative estimate of drug-likeness (QED) is 0.297. The summed E-state index contributed by atoms with van der Waals surface area (Å²) in [5, 5.41) is 21.3.